The smallest absolute Gasteiger partial charge is 0.137 e. The lowest BCUT2D eigenvalue weighted by Gasteiger charge is -2.08. The van der Waals surface area contributed by atoms with E-state index >= 15 is 0 Å². The molecule has 0 unspecified atom stereocenters. The Labute approximate surface area is 115 Å². The van der Waals surface area contributed by atoms with Crippen molar-refractivity contribution < 1.29 is 4.74 Å². The van der Waals surface area contributed by atoms with Gasteiger partial charge in [-0.25, -0.2) is 4.98 Å². The molecule has 0 N–H and O–H groups in total. The van der Waals surface area contributed by atoms with Gasteiger partial charge in [-0.2, -0.15) is 5.26 Å². The standard InChI is InChI=1S/C13H11ClN2OS/c1-8-5-12(17-2)10(14)6-9(8)11-7-18-13(16-11)3-4-15/h5-7H,3H2,1-2H3. The van der Waals surface area contributed by atoms with E-state index in [1.807, 2.05) is 24.4 Å². The molecule has 3 nitrogen and oxygen atoms in total. The third-order valence-corrected chi connectivity index (χ3v) is 3.70. The molecule has 0 radical (unpaired) electrons. The molecule has 0 fully saturated rings. The van der Waals surface area contributed by atoms with Crippen LogP contribution < -0.4 is 4.74 Å². The molecule has 0 atom stereocenters. The summed E-state index contributed by atoms with van der Waals surface area (Å²) in [6.45, 7) is 1.98. The molecule has 0 saturated carbocycles. The molecule has 2 aromatic rings. The highest BCUT2D eigenvalue weighted by molar-refractivity contribution is 7.10. The Balaban J connectivity index is 2.44. The number of methoxy groups -OCH3 is 1. The van der Waals surface area contributed by atoms with Gasteiger partial charge in [0.1, 0.15) is 10.8 Å². The maximum Gasteiger partial charge on any atom is 0.137 e. The van der Waals surface area contributed by atoms with Crippen molar-refractivity contribution in [1.29, 1.82) is 5.26 Å². The van der Waals surface area contributed by atoms with Crippen molar-refractivity contribution in [3.63, 3.8) is 0 Å². The maximum atomic E-state index is 8.65. The van der Waals surface area contributed by atoms with Gasteiger partial charge < -0.3 is 4.74 Å². The number of halogens is 1. The van der Waals surface area contributed by atoms with Gasteiger partial charge in [-0.05, 0) is 24.6 Å². The maximum absolute atomic E-state index is 8.65. The molecule has 5 heteroatoms. The molecule has 1 heterocycles. The topological polar surface area (TPSA) is 45.9 Å². The SMILES string of the molecule is COc1cc(C)c(-c2csc(CC#N)n2)cc1Cl. The molecule has 0 aliphatic carbocycles. The van der Waals surface area contributed by atoms with E-state index in [1.54, 1.807) is 7.11 Å². The van der Waals surface area contributed by atoms with Crippen molar-refractivity contribution in [3.8, 4) is 23.1 Å². The number of thiazole rings is 1. The van der Waals surface area contributed by atoms with Crippen molar-refractivity contribution in [1.82, 2.24) is 4.98 Å². The molecule has 0 saturated heterocycles. The first-order valence-corrected chi connectivity index (χ1v) is 6.57. The number of ether oxygens (including phenoxy) is 1. The number of benzene rings is 1. The van der Waals surface area contributed by atoms with Crippen LogP contribution in [-0.4, -0.2) is 12.1 Å². The van der Waals surface area contributed by atoms with E-state index in [-0.39, 0.29) is 0 Å². The highest BCUT2D eigenvalue weighted by Crippen LogP contribution is 2.33. The van der Waals surface area contributed by atoms with E-state index in [4.69, 9.17) is 21.6 Å². The van der Waals surface area contributed by atoms with Crippen LogP contribution in [0.1, 0.15) is 10.6 Å². The van der Waals surface area contributed by atoms with Crippen molar-refractivity contribution >= 4 is 22.9 Å². The number of nitrogens with zero attached hydrogens (tertiary/aromatic N) is 2. The van der Waals surface area contributed by atoms with Gasteiger partial charge in [0.15, 0.2) is 0 Å². The average Bonchev–Trinajstić information content (AvgIpc) is 2.80. The predicted molar refractivity (Wildman–Crippen MR) is 73.2 cm³/mol. The van der Waals surface area contributed by atoms with Gasteiger partial charge in [0, 0.05) is 10.9 Å². The van der Waals surface area contributed by atoms with Gasteiger partial charge in [0.2, 0.25) is 0 Å². The summed E-state index contributed by atoms with van der Waals surface area (Å²) in [4.78, 5) is 4.42. The van der Waals surface area contributed by atoms with E-state index in [0.717, 1.165) is 21.8 Å². The van der Waals surface area contributed by atoms with Crippen LogP contribution in [0.15, 0.2) is 17.5 Å². The van der Waals surface area contributed by atoms with Crippen LogP contribution in [0.25, 0.3) is 11.3 Å². The molecular weight excluding hydrogens is 268 g/mol. The molecule has 1 aromatic heterocycles. The van der Waals surface area contributed by atoms with Crippen LogP contribution in [0.2, 0.25) is 5.02 Å². The van der Waals surface area contributed by atoms with Gasteiger partial charge in [-0.1, -0.05) is 11.6 Å². The summed E-state index contributed by atoms with van der Waals surface area (Å²) in [5.41, 5.74) is 2.87. The molecule has 1 aromatic carbocycles. The Kier molecular flexibility index (Phi) is 3.85. The molecule has 0 spiro atoms. The van der Waals surface area contributed by atoms with Crippen LogP contribution >= 0.6 is 22.9 Å². The van der Waals surface area contributed by atoms with Crippen molar-refractivity contribution in [2.45, 2.75) is 13.3 Å². The minimum Gasteiger partial charge on any atom is -0.495 e. The first kappa shape index (κ1) is 12.9. The summed E-state index contributed by atoms with van der Waals surface area (Å²) < 4.78 is 5.17. The minimum atomic E-state index is 0.341. The summed E-state index contributed by atoms with van der Waals surface area (Å²) in [6.07, 6.45) is 0.341. The Morgan fingerprint density at radius 3 is 2.94 bits per heavy atom. The number of hydrogen-bond donors (Lipinski definition) is 0. The molecule has 18 heavy (non-hydrogen) atoms. The zero-order chi connectivity index (χ0) is 13.1. The first-order chi connectivity index (χ1) is 8.65. The summed E-state index contributed by atoms with van der Waals surface area (Å²) in [6, 6.07) is 5.83. The van der Waals surface area contributed by atoms with Crippen LogP contribution in [-0.2, 0) is 6.42 Å². The van der Waals surface area contributed by atoms with E-state index in [1.165, 1.54) is 11.3 Å². The highest BCUT2D eigenvalue weighted by atomic mass is 35.5. The average molecular weight is 279 g/mol. The predicted octanol–water partition coefficient (Wildman–Crippen LogP) is 3.85. The van der Waals surface area contributed by atoms with Crippen molar-refractivity contribution in [3.05, 3.63) is 33.1 Å². The number of aryl methyl sites for hydroxylation is 1. The fourth-order valence-electron chi connectivity index (χ4n) is 1.67. The lowest BCUT2D eigenvalue weighted by atomic mass is 10.1. The van der Waals surface area contributed by atoms with Gasteiger partial charge in [0.25, 0.3) is 0 Å². The number of nitriles is 1. The molecule has 0 bridgehead atoms. The number of rotatable bonds is 3. The monoisotopic (exact) mass is 278 g/mol. The minimum absolute atomic E-state index is 0.341. The second-order valence-electron chi connectivity index (χ2n) is 3.76. The Morgan fingerprint density at radius 1 is 1.50 bits per heavy atom. The van der Waals surface area contributed by atoms with Gasteiger partial charge in [0.05, 0.1) is 30.3 Å². The van der Waals surface area contributed by atoms with E-state index in [9.17, 15) is 0 Å². The summed E-state index contributed by atoms with van der Waals surface area (Å²) in [5, 5.41) is 12.0. The number of aromatic nitrogens is 1. The van der Waals surface area contributed by atoms with Gasteiger partial charge in [-0.3, -0.25) is 0 Å². The van der Waals surface area contributed by atoms with Crippen LogP contribution in [0.3, 0.4) is 0 Å². The summed E-state index contributed by atoms with van der Waals surface area (Å²) in [5.74, 6) is 0.658. The summed E-state index contributed by atoms with van der Waals surface area (Å²) >= 11 is 7.60. The third-order valence-electron chi connectivity index (χ3n) is 2.56. The first-order valence-electron chi connectivity index (χ1n) is 5.31. The molecule has 0 aliphatic heterocycles. The largest absolute Gasteiger partial charge is 0.495 e. The molecule has 2 rings (SSSR count). The fourth-order valence-corrected chi connectivity index (χ4v) is 2.64. The fraction of sp³-hybridized carbons (Fsp3) is 0.231. The molecule has 92 valence electrons. The Morgan fingerprint density at radius 2 is 2.28 bits per heavy atom. The van der Waals surface area contributed by atoms with Crippen LogP contribution in [0, 0.1) is 18.3 Å². The lowest BCUT2D eigenvalue weighted by Crippen LogP contribution is -1.90. The van der Waals surface area contributed by atoms with Crippen molar-refractivity contribution in [2.75, 3.05) is 7.11 Å². The van der Waals surface area contributed by atoms with Crippen molar-refractivity contribution in [2.24, 2.45) is 0 Å². The third kappa shape index (κ3) is 2.47. The second kappa shape index (κ2) is 5.38. The quantitative estimate of drug-likeness (QED) is 0.857. The lowest BCUT2D eigenvalue weighted by molar-refractivity contribution is 0.415. The molecule has 0 amide bonds. The van der Waals surface area contributed by atoms with Crippen LogP contribution in [0.5, 0.6) is 5.75 Å². The number of hydrogen-bond acceptors (Lipinski definition) is 4. The Bertz CT molecular complexity index is 616. The second-order valence-corrected chi connectivity index (χ2v) is 5.11. The molecule has 0 aliphatic rings. The van der Waals surface area contributed by atoms with E-state index in [0.29, 0.717) is 17.2 Å². The normalized spacial score (nSPS) is 10.1. The van der Waals surface area contributed by atoms with E-state index in [2.05, 4.69) is 11.1 Å². The zero-order valence-corrected chi connectivity index (χ0v) is 11.6. The van der Waals surface area contributed by atoms with Crippen LogP contribution in [0.4, 0.5) is 0 Å². The Hall–Kier alpha value is -1.57. The summed E-state index contributed by atoms with van der Waals surface area (Å²) in [7, 11) is 1.59. The highest BCUT2D eigenvalue weighted by Gasteiger charge is 2.11. The zero-order valence-electron chi connectivity index (χ0n) is 10.0. The van der Waals surface area contributed by atoms with E-state index < -0.39 is 0 Å². The van der Waals surface area contributed by atoms with Gasteiger partial charge in [-0.15, -0.1) is 11.3 Å². The van der Waals surface area contributed by atoms with Gasteiger partial charge >= 0.3 is 0 Å². The molecular formula is C13H11ClN2OS.